The highest BCUT2D eigenvalue weighted by Gasteiger charge is 2.13. The van der Waals surface area contributed by atoms with E-state index in [4.69, 9.17) is 9.15 Å². The molecule has 0 amide bonds. The quantitative estimate of drug-likeness (QED) is 0.686. The Hall–Kier alpha value is -2.34. The number of halogens is 2. The second kappa shape index (κ2) is 6.42. The van der Waals surface area contributed by atoms with Gasteiger partial charge < -0.3 is 14.3 Å². The van der Waals surface area contributed by atoms with E-state index in [1.165, 1.54) is 24.5 Å². The molecule has 118 valence electrons. The monoisotopic (exact) mass is 378 g/mol. The molecule has 0 fully saturated rings. The fourth-order valence-corrected chi connectivity index (χ4v) is 2.55. The van der Waals surface area contributed by atoms with Gasteiger partial charge in [0.05, 0.1) is 12.7 Å². The number of esters is 1. The third-order valence-corrected chi connectivity index (χ3v) is 3.87. The molecule has 2 aromatic carbocycles. The van der Waals surface area contributed by atoms with Gasteiger partial charge in [0.15, 0.2) is 0 Å². The van der Waals surface area contributed by atoms with E-state index in [1.807, 2.05) is 0 Å². The van der Waals surface area contributed by atoms with Crippen molar-refractivity contribution in [3.05, 3.63) is 64.1 Å². The highest BCUT2D eigenvalue weighted by molar-refractivity contribution is 9.10. The van der Waals surface area contributed by atoms with Crippen LogP contribution >= 0.6 is 15.9 Å². The average Bonchev–Trinajstić information content (AvgIpc) is 2.88. The van der Waals surface area contributed by atoms with Crippen LogP contribution in [0.5, 0.6) is 5.75 Å². The van der Waals surface area contributed by atoms with Crippen LogP contribution in [-0.2, 0) is 22.6 Å². The molecule has 1 heterocycles. The van der Waals surface area contributed by atoms with E-state index in [2.05, 4.69) is 15.9 Å². The van der Waals surface area contributed by atoms with Crippen LogP contribution in [0.3, 0.4) is 0 Å². The second-order valence-electron chi connectivity index (χ2n) is 5.01. The van der Waals surface area contributed by atoms with Gasteiger partial charge in [-0.05, 0) is 24.3 Å². The summed E-state index contributed by atoms with van der Waals surface area (Å²) < 4.78 is 24.7. The Labute approximate surface area is 139 Å². The van der Waals surface area contributed by atoms with E-state index >= 15 is 0 Å². The highest BCUT2D eigenvalue weighted by atomic mass is 79.9. The zero-order valence-electron chi connectivity index (χ0n) is 11.9. The number of aromatic hydroxyl groups is 1. The average molecular weight is 379 g/mol. The molecule has 0 aliphatic carbocycles. The topological polar surface area (TPSA) is 59.7 Å². The van der Waals surface area contributed by atoms with Crippen molar-refractivity contribution in [3.63, 3.8) is 0 Å². The molecule has 4 nitrogen and oxygen atoms in total. The Bertz CT molecular complexity index is 872. The lowest BCUT2D eigenvalue weighted by molar-refractivity contribution is -0.144. The van der Waals surface area contributed by atoms with Crippen LogP contribution in [0.25, 0.3) is 11.0 Å². The molecule has 0 radical (unpaired) electrons. The van der Waals surface area contributed by atoms with Crippen LogP contribution < -0.4 is 0 Å². The highest BCUT2D eigenvalue weighted by Crippen LogP contribution is 2.25. The number of hydrogen-bond acceptors (Lipinski definition) is 4. The van der Waals surface area contributed by atoms with Crippen molar-refractivity contribution in [1.82, 2.24) is 0 Å². The Morgan fingerprint density at radius 2 is 2.04 bits per heavy atom. The number of furan rings is 1. The van der Waals surface area contributed by atoms with E-state index in [9.17, 15) is 14.3 Å². The summed E-state index contributed by atoms with van der Waals surface area (Å²) in [4.78, 5) is 11.9. The molecular weight excluding hydrogens is 367 g/mol. The standard InChI is InChI=1S/C17H12BrFO4/c18-12-2-1-10(15(19)6-12)8-23-17(21)5-11-9-22-16-7-13(20)3-4-14(11)16/h1-4,6-7,9,20H,5,8H2. The van der Waals surface area contributed by atoms with Crippen molar-refractivity contribution in [2.45, 2.75) is 13.0 Å². The molecule has 0 bridgehead atoms. The van der Waals surface area contributed by atoms with Gasteiger partial charge in [-0.25, -0.2) is 4.39 Å². The molecule has 6 heteroatoms. The maximum absolute atomic E-state index is 13.7. The molecular formula is C17H12BrFO4. The Morgan fingerprint density at radius 1 is 1.22 bits per heavy atom. The van der Waals surface area contributed by atoms with Gasteiger partial charge in [-0.3, -0.25) is 4.79 Å². The predicted octanol–water partition coefficient (Wildman–Crippen LogP) is 4.33. The molecule has 3 aromatic rings. The van der Waals surface area contributed by atoms with Gasteiger partial charge in [0.25, 0.3) is 0 Å². The number of carbonyl (C=O) groups excluding carboxylic acids is 1. The van der Waals surface area contributed by atoms with E-state index in [0.717, 1.165) is 5.39 Å². The summed E-state index contributed by atoms with van der Waals surface area (Å²) in [6.07, 6.45) is 1.46. The number of carbonyl (C=O) groups is 1. The van der Waals surface area contributed by atoms with Gasteiger partial charge in [-0.15, -0.1) is 0 Å². The van der Waals surface area contributed by atoms with Crippen LogP contribution in [0, 0.1) is 5.82 Å². The van der Waals surface area contributed by atoms with Crippen LogP contribution in [0.4, 0.5) is 4.39 Å². The number of fused-ring (bicyclic) bond motifs is 1. The minimum Gasteiger partial charge on any atom is -0.508 e. The summed E-state index contributed by atoms with van der Waals surface area (Å²) in [5.74, 6) is -0.828. The van der Waals surface area contributed by atoms with Crippen molar-refractivity contribution >= 4 is 32.9 Å². The lowest BCUT2D eigenvalue weighted by Gasteiger charge is -2.06. The first kappa shape index (κ1) is 15.6. The predicted molar refractivity (Wildman–Crippen MR) is 85.5 cm³/mol. The first-order valence-corrected chi connectivity index (χ1v) is 7.61. The Kier molecular flexibility index (Phi) is 4.34. The van der Waals surface area contributed by atoms with Crippen molar-refractivity contribution in [2.24, 2.45) is 0 Å². The van der Waals surface area contributed by atoms with Gasteiger partial charge in [0.2, 0.25) is 0 Å². The smallest absolute Gasteiger partial charge is 0.310 e. The number of phenolic OH excluding ortho intramolecular Hbond substituents is 1. The van der Waals surface area contributed by atoms with E-state index < -0.39 is 11.8 Å². The van der Waals surface area contributed by atoms with Crippen LogP contribution in [0.15, 0.2) is 51.6 Å². The summed E-state index contributed by atoms with van der Waals surface area (Å²) in [6, 6.07) is 9.22. The lowest BCUT2D eigenvalue weighted by Crippen LogP contribution is -2.08. The number of benzene rings is 2. The van der Waals surface area contributed by atoms with Gasteiger partial charge >= 0.3 is 5.97 Å². The SMILES string of the molecule is O=C(Cc1coc2cc(O)ccc12)OCc1ccc(Br)cc1F. The number of ether oxygens (including phenoxy) is 1. The van der Waals surface area contributed by atoms with Crippen molar-refractivity contribution in [1.29, 1.82) is 0 Å². The van der Waals surface area contributed by atoms with E-state index in [-0.39, 0.29) is 18.8 Å². The summed E-state index contributed by atoms with van der Waals surface area (Å²) >= 11 is 3.17. The molecule has 0 unspecified atom stereocenters. The first-order valence-electron chi connectivity index (χ1n) is 6.81. The maximum atomic E-state index is 13.7. The Morgan fingerprint density at radius 3 is 2.83 bits per heavy atom. The van der Waals surface area contributed by atoms with Crippen molar-refractivity contribution in [3.8, 4) is 5.75 Å². The zero-order valence-corrected chi connectivity index (χ0v) is 13.5. The normalized spacial score (nSPS) is 10.9. The zero-order chi connectivity index (χ0) is 16.4. The summed E-state index contributed by atoms with van der Waals surface area (Å²) in [7, 11) is 0. The van der Waals surface area contributed by atoms with Crippen LogP contribution in [0.1, 0.15) is 11.1 Å². The van der Waals surface area contributed by atoms with Gasteiger partial charge in [0.1, 0.15) is 23.8 Å². The minimum atomic E-state index is -0.483. The molecule has 0 aliphatic heterocycles. The Balaban J connectivity index is 1.66. The molecule has 3 rings (SSSR count). The molecule has 0 saturated heterocycles. The van der Waals surface area contributed by atoms with Crippen LogP contribution in [0.2, 0.25) is 0 Å². The summed E-state index contributed by atoms with van der Waals surface area (Å²) in [5, 5.41) is 10.1. The number of rotatable bonds is 4. The summed E-state index contributed by atoms with van der Waals surface area (Å²) in [5.41, 5.74) is 1.46. The molecule has 0 spiro atoms. The first-order chi connectivity index (χ1) is 11.0. The molecule has 0 atom stereocenters. The van der Waals surface area contributed by atoms with Gasteiger partial charge in [-0.2, -0.15) is 0 Å². The number of phenols is 1. The third kappa shape index (κ3) is 3.53. The molecule has 1 aromatic heterocycles. The van der Waals surface area contributed by atoms with Crippen molar-refractivity contribution < 1.29 is 23.4 Å². The fourth-order valence-electron chi connectivity index (χ4n) is 2.21. The molecule has 0 aliphatic rings. The molecule has 1 N–H and O–H groups in total. The van der Waals surface area contributed by atoms with Crippen LogP contribution in [-0.4, -0.2) is 11.1 Å². The van der Waals surface area contributed by atoms with Crippen molar-refractivity contribution in [2.75, 3.05) is 0 Å². The molecule has 23 heavy (non-hydrogen) atoms. The minimum absolute atomic E-state index is 0.00984. The van der Waals surface area contributed by atoms with E-state index in [1.54, 1.807) is 18.2 Å². The third-order valence-electron chi connectivity index (χ3n) is 3.38. The maximum Gasteiger partial charge on any atom is 0.310 e. The number of hydrogen-bond donors (Lipinski definition) is 1. The van der Waals surface area contributed by atoms with E-state index in [0.29, 0.717) is 21.2 Å². The fraction of sp³-hybridized carbons (Fsp3) is 0.118. The van der Waals surface area contributed by atoms with Gasteiger partial charge in [0, 0.05) is 27.1 Å². The molecule has 0 saturated carbocycles. The summed E-state index contributed by atoms with van der Waals surface area (Å²) in [6.45, 7) is -0.130. The lowest BCUT2D eigenvalue weighted by atomic mass is 10.1. The largest absolute Gasteiger partial charge is 0.508 e. The van der Waals surface area contributed by atoms with Gasteiger partial charge in [-0.1, -0.05) is 22.0 Å². The second-order valence-corrected chi connectivity index (χ2v) is 5.93.